The Morgan fingerprint density at radius 2 is 2.50 bits per heavy atom. The lowest BCUT2D eigenvalue weighted by Gasteiger charge is -2.15. The summed E-state index contributed by atoms with van der Waals surface area (Å²) in [6.45, 7) is 2.66. The number of amides is 2. The molecule has 8 nitrogen and oxygen atoms in total. The van der Waals surface area contributed by atoms with Crippen LogP contribution in [0.5, 0.6) is 0 Å². The highest BCUT2D eigenvalue weighted by molar-refractivity contribution is 5.73. The summed E-state index contributed by atoms with van der Waals surface area (Å²) in [5.74, 6) is 5.84. The zero-order valence-corrected chi connectivity index (χ0v) is 7.90. The fraction of sp³-hybridized carbons (Fsp3) is 0.667. The quantitative estimate of drug-likeness (QED) is 0.327. The van der Waals surface area contributed by atoms with Gasteiger partial charge in [-0.05, 0) is 6.42 Å². The first-order valence-corrected chi connectivity index (χ1v) is 4.26. The Labute approximate surface area is 80.8 Å². The third-order valence-electron chi connectivity index (χ3n) is 1.51. The molecule has 0 aromatic carbocycles. The Bertz CT molecular complexity index is 272. The Morgan fingerprint density at radius 1 is 1.71 bits per heavy atom. The lowest BCUT2D eigenvalue weighted by molar-refractivity contribution is 0.198. The summed E-state index contributed by atoms with van der Waals surface area (Å²) < 4.78 is 0. The van der Waals surface area contributed by atoms with Crippen molar-refractivity contribution in [1.29, 1.82) is 0 Å². The Balaban J connectivity index is 2.27. The van der Waals surface area contributed by atoms with Crippen molar-refractivity contribution in [1.82, 2.24) is 30.9 Å². The van der Waals surface area contributed by atoms with Crippen molar-refractivity contribution in [2.75, 3.05) is 6.54 Å². The fourth-order valence-corrected chi connectivity index (χ4v) is 0.856. The van der Waals surface area contributed by atoms with Gasteiger partial charge in [-0.25, -0.2) is 10.6 Å². The smallest absolute Gasteiger partial charge is 0.329 e. The monoisotopic (exact) mass is 199 g/mol. The minimum Gasteiger partial charge on any atom is -0.329 e. The summed E-state index contributed by atoms with van der Waals surface area (Å²) in [4.78, 5) is 11.2. The van der Waals surface area contributed by atoms with Gasteiger partial charge in [-0.2, -0.15) is 5.21 Å². The molecule has 8 heteroatoms. The van der Waals surface area contributed by atoms with Crippen LogP contribution in [0.15, 0.2) is 0 Å². The first-order valence-electron chi connectivity index (χ1n) is 4.26. The lowest BCUT2D eigenvalue weighted by Crippen LogP contribution is -2.44. The van der Waals surface area contributed by atoms with E-state index < -0.39 is 0 Å². The van der Waals surface area contributed by atoms with Crippen LogP contribution in [0.4, 0.5) is 4.79 Å². The highest BCUT2D eigenvalue weighted by Crippen LogP contribution is 1.86. The molecule has 0 bridgehead atoms. The molecule has 0 fully saturated rings. The molecule has 1 heterocycles. The zero-order chi connectivity index (χ0) is 10.4. The molecular weight excluding hydrogens is 186 g/mol. The van der Waals surface area contributed by atoms with Crippen LogP contribution in [0.1, 0.15) is 19.2 Å². The number of nitrogens with two attached hydrogens (primary N) is 1. The van der Waals surface area contributed by atoms with Gasteiger partial charge in [0.15, 0.2) is 5.82 Å². The number of aromatic amines is 1. The average Bonchev–Trinajstić information content (AvgIpc) is 2.67. The third kappa shape index (κ3) is 2.98. The third-order valence-corrected chi connectivity index (χ3v) is 1.51. The summed E-state index contributed by atoms with van der Waals surface area (Å²) in [6.07, 6.45) is 0.812. The standard InChI is InChI=1S/C6H13N7O/c1-2-3-13(7)6(14)8-4-5-9-11-12-10-5/h2-4,7H2,1H3,(H,8,14)(H,9,10,11,12). The van der Waals surface area contributed by atoms with E-state index in [0.29, 0.717) is 12.4 Å². The number of rotatable bonds is 4. The lowest BCUT2D eigenvalue weighted by atomic mass is 10.5. The van der Waals surface area contributed by atoms with Crippen molar-refractivity contribution in [3.8, 4) is 0 Å². The Hall–Kier alpha value is -1.70. The second-order valence-electron chi connectivity index (χ2n) is 2.68. The number of nitrogens with zero attached hydrogens (tertiary/aromatic N) is 4. The molecule has 0 unspecified atom stereocenters. The van der Waals surface area contributed by atoms with Crippen LogP contribution in [0.2, 0.25) is 0 Å². The molecule has 1 aromatic rings. The summed E-state index contributed by atoms with van der Waals surface area (Å²) in [7, 11) is 0. The van der Waals surface area contributed by atoms with Crippen LogP contribution >= 0.6 is 0 Å². The summed E-state index contributed by atoms with van der Waals surface area (Å²) in [5.41, 5.74) is 0. The van der Waals surface area contributed by atoms with Gasteiger partial charge in [-0.3, -0.25) is 5.01 Å². The molecule has 0 saturated heterocycles. The van der Waals surface area contributed by atoms with Gasteiger partial charge in [-0.1, -0.05) is 12.1 Å². The number of hydrogen-bond acceptors (Lipinski definition) is 5. The van der Waals surface area contributed by atoms with E-state index in [1.807, 2.05) is 6.92 Å². The molecule has 0 aliphatic rings. The van der Waals surface area contributed by atoms with E-state index in [-0.39, 0.29) is 12.6 Å². The van der Waals surface area contributed by atoms with Gasteiger partial charge in [0.25, 0.3) is 0 Å². The van der Waals surface area contributed by atoms with E-state index in [4.69, 9.17) is 5.84 Å². The van der Waals surface area contributed by atoms with Crippen LogP contribution in [-0.2, 0) is 6.54 Å². The predicted molar refractivity (Wildman–Crippen MR) is 47.6 cm³/mol. The van der Waals surface area contributed by atoms with Crippen molar-refractivity contribution >= 4 is 6.03 Å². The molecule has 2 amide bonds. The minimum atomic E-state index is -0.350. The molecule has 0 radical (unpaired) electrons. The maximum atomic E-state index is 11.2. The molecule has 78 valence electrons. The SMILES string of the molecule is CCCN(N)C(=O)NCc1nn[nH]n1. The number of urea groups is 1. The number of aromatic nitrogens is 4. The van der Waals surface area contributed by atoms with Gasteiger partial charge in [0.1, 0.15) is 0 Å². The molecule has 0 spiro atoms. The predicted octanol–water partition coefficient (Wildman–Crippen LogP) is -1.00. The second kappa shape index (κ2) is 5.12. The van der Waals surface area contributed by atoms with E-state index in [1.165, 1.54) is 0 Å². The average molecular weight is 199 g/mol. The van der Waals surface area contributed by atoms with Crippen LogP contribution in [0, 0.1) is 0 Å². The van der Waals surface area contributed by atoms with Crippen molar-refractivity contribution in [3.63, 3.8) is 0 Å². The largest absolute Gasteiger partial charge is 0.331 e. The van der Waals surface area contributed by atoms with Crippen LogP contribution in [0.25, 0.3) is 0 Å². The van der Waals surface area contributed by atoms with E-state index in [2.05, 4.69) is 25.9 Å². The molecule has 0 saturated carbocycles. The molecule has 0 aliphatic heterocycles. The fourth-order valence-electron chi connectivity index (χ4n) is 0.856. The summed E-state index contributed by atoms with van der Waals surface area (Å²) >= 11 is 0. The van der Waals surface area contributed by atoms with E-state index in [0.717, 1.165) is 11.4 Å². The van der Waals surface area contributed by atoms with Crippen molar-refractivity contribution in [2.24, 2.45) is 5.84 Å². The Kier molecular flexibility index (Phi) is 3.80. The Morgan fingerprint density at radius 3 is 3.07 bits per heavy atom. The van der Waals surface area contributed by atoms with Gasteiger partial charge >= 0.3 is 6.03 Å². The zero-order valence-electron chi connectivity index (χ0n) is 7.90. The first-order chi connectivity index (χ1) is 6.74. The van der Waals surface area contributed by atoms with Crippen LogP contribution < -0.4 is 11.2 Å². The van der Waals surface area contributed by atoms with Crippen LogP contribution in [-0.4, -0.2) is 38.2 Å². The van der Waals surface area contributed by atoms with Crippen molar-refractivity contribution in [3.05, 3.63) is 5.82 Å². The van der Waals surface area contributed by atoms with E-state index in [9.17, 15) is 4.79 Å². The number of tetrazole rings is 1. The number of carbonyl (C=O) groups is 1. The summed E-state index contributed by atoms with van der Waals surface area (Å²) in [6, 6.07) is -0.350. The number of nitrogens with one attached hydrogen (secondary N) is 2. The molecule has 0 atom stereocenters. The molecule has 0 aliphatic carbocycles. The van der Waals surface area contributed by atoms with E-state index in [1.54, 1.807) is 0 Å². The van der Waals surface area contributed by atoms with Crippen LogP contribution in [0.3, 0.4) is 0 Å². The van der Waals surface area contributed by atoms with Crippen molar-refractivity contribution in [2.45, 2.75) is 19.9 Å². The maximum Gasteiger partial charge on any atom is 0.331 e. The number of H-pyrrole nitrogens is 1. The van der Waals surface area contributed by atoms with E-state index >= 15 is 0 Å². The maximum absolute atomic E-state index is 11.2. The molecule has 1 rings (SSSR count). The van der Waals surface area contributed by atoms with Gasteiger partial charge in [0, 0.05) is 6.54 Å². The van der Waals surface area contributed by atoms with Gasteiger partial charge < -0.3 is 5.32 Å². The normalized spacial score (nSPS) is 9.86. The second-order valence-corrected chi connectivity index (χ2v) is 2.68. The molecular formula is C6H13N7O. The van der Waals surface area contributed by atoms with Gasteiger partial charge in [0.05, 0.1) is 6.54 Å². The minimum absolute atomic E-state index is 0.215. The number of hydrazine groups is 1. The first kappa shape index (κ1) is 10.4. The van der Waals surface area contributed by atoms with Gasteiger partial charge in [-0.15, -0.1) is 10.2 Å². The molecule has 1 aromatic heterocycles. The topological polar surface area (TPSA) is 113 Å². The highest BCUT2D eigenvalue weighted by Gasteiger charge is 2.08. The van der Waals surface area contributed by atoms with Gasteiger partial charge in [0.2, 0.25) is 0 Å². The number of carbonyl (C=O) groups excluding carboxylic acids is 1. The number of hydrogen-bond donors (Lipinski definition) is 3. The molecule has 14 heavy (non-hydrogen) atoms. The molecule has 4 N–H and O–H groups in total. The summed E-state index contributed by atoms with van der Waals surface area (Å²) in [5, 5.41) is 16.6. The highest BCUT2D eigenvalue weighted by atomic mass is 16.2. The van der Waals surface area contributed by atoms with Crippen molar-refractivity contribution < 1.29 is 4.79 Å².